The van der Waals surface area contributed by atoms with Crippen LogP contribution in [0.5, 0.6) is 11.5 Å². The van der Waals surface area contributed by atoms with E-state index in [-0.39, 0.29) is 84.3 Å². The summed E-state index contributed by atoms with van der Waals surface area (Å²) in [5, 5.41) is 0. The minimum absolute atomic E-state index is 0. The molecule has 0 spiro atoms. The number of hydrogen-bond donors (Lipinski definition) is 0. The Hall–Kier alpha value is -4.31. The first-order valence-electron chi connectivity index (χ1n) is 20.6. The summed E-state index contributed by atoms with van der Waals surface area (Å²) >= 11 is 0. The zero-order valence-electron chi connectivity index (χ0n) is 35.1. The van der Waals surface area contributed by atoms with Gasteiger partial charge in [-0.2, -0.15) is 12.1 Å². The third-order valence-electron chi connectivity index (χ3n) is 9.86. The molecule has 15 heteroatoms. The molecule has 0 fully saturated rings. The van der Waals surface area contributed by atoms with Crippen LogP contribution in [0.3, 0.4) is 0 Å². The van der Waals surface area contributed by atoms with Gasteiger partial charge in [0, 0.05) is 19.1 Å². The number of allylic oxidation sites excluding steroid dienone is 8. The minimum Gasteiger partial charge on any atom is -0.486 e. The topological polar surface area (TPSA) is 55.4 Å². The van der Waals surface area contributed by atoms with Gasteiger partial charge in [0.2, 0.25) is 0 Å². The largest absolute Gasteiger partial charge is 2.00 e. The fourth-order valence-corrected chi connectivity index (χ4v) is 6.70. The number of benzene rings is 2. The second kappa shape index (κ2) is 26.5. The van der Waals surface area contributed by atoms with Gasteiger partial charge in [0.15, 0.2) is 34.8 Å². The second-order valence-electron chi connectivity index (χ2n) is 14.2. The molecule has 0 unspecified atom stereocenters. The van der Waals surface area contributed by atoms with Crippen molar-refractivity contribution in [3.63, 3.8) is 0 Å². The van der Waals surface area contributed by atoms with Gasteiger partial charge in [0.25, 0.3) is 0 Å². The molecular formula is C48H50F8O6Ti. The molecule has 0 amide bonds. The van der Waals surface area contributed by atoms with E-state index in [1.54, 1.807) is 6.07 Å². The van der Waals surface area contributed by atoms with Crippen molar-refractivity contribution >= 4 is 0 Å². The maximum absolute atomic E-state index is 15.2. The molecule has 0 aromatic heterocycles. The van der Waals surface area contributed by atoms with Crippen molar-refractivity contribution in [2.75, 3.05) is 66.1 Å². The number of hydrogen-bond acceptors (Lipinski definition) is 6. The van der Waals surface area contributed by atoms with Crippen molar-refractivity contribution in [1.82, 2.24) is 0 Å². The van der Waals surface area contributed by atoms with E-state index >= 15 is 8.78 Å². The Kier molecular flexibility index (Phi) is 21.6. The Bertz CT molecular complexity index is 2080. The molecule has 0 N–H and O–H groups in total. The van der Waals surface area contributed by atoms with E-state index in [1.807, 2.05) is 55.5 Å². The normalized spacial score (nSPS) is 13.2. The summed E-state index contributed by atoms with van der Waals surface area (Å²) < 4.78 is 148. The maximum Gasteiger partial charge on any atom is 2.00 e. The van der Waals surface area contributed by atoms with Crippen molar-refractivity contribution in [2.24, 2.45) is 0 Å². The van der Waals surface area contributed by atoms with E-state index in [2.05, 4.69) is 6.92 Å². The van der Waals surface area contributed by atoms with Gasteiger partial charge < -0.3 is 28.4 Å². The average molecular weight is 923 g/mol. The molecular weight excluding hydrogens is 872 g/mol. The van der Waals surface area contributed by atoms with Crippen LogP contribution in [0, 0.1) is 46.5 Å². The molecule has 6 rings (SSSR count). The molecule has 6 nitrogen and oxygen atoms in total. The van der Waals surface area contributed by atoms with Gasteiger partial charge in [-0.15, -0.1) is 29.8 Å². The summed E-state index contributed by atoms with van der Waals surface area (Å²) in [5.74, 6) is -14.8. The van der Waals surface area contributed by atoms with E-state index in [0.29, 0.717) is 32.0 Å². The van der Waals surface area contributed by atoms with Crippen LogP contribution in [-0.4, -0.2) is 66.1 Å². The molecule has 63 heavy (non-hydrogen) atoms. The van der Waals surface area contributed by atoms with E-state index in [1.165, 1.54) is 30.3 Å². The molecule has 0 saturated heterocycles. The Balaban J connectivity index is 0.000000287. The van der Waals surface area contributed by atoms with Crippen LogP contribution in [0.1, 0.15) is 62.5 Å². The van der Waals surface area contributed by atoms with Crippen LogP contribution in [0.2, 0.25) is 0 Å². The number of rotatable bonds is 24. The zero-order valence-corrected chi connectivity index (χ0v) is 36.7. The predicted octanol–water partition coefficient (Wildman–Crippen LogP) is 12.1. The Morgan fingerprint density at radius 1 is 0.460 bits per heavy atom. The van der Waals surface area contributed by atoms with Gasteiger partial charge in [-0.25, -0.2) is 35.1 Å². The Morgan fingerprint density at radius 3 is 1.27 bits per heavy atom. The summed E-state index contributed by atoms with van der Waals surface area (Å²) in [7, 11) is 0. The molecule has 0 heterocycles. The minimum atomic E-state index is -1.57. The van der Waals surface area contributed by atoms with Crippen molar-refractivity contribution < 1.29 is 85.3 Å². The zero-order chi connectivity index (χ0) is 44.4. The summed E-state index contributed by atoms with van der Waals surface area (Å²) in [5.41, 5.74) is 0.117. The van der Waals surface area contributed by atoms with Gasteiger partial charge in [-0.05, 0) is 29.9 Å². The van der Waals surface area contributed by atoms with E-state index < -0.39 is 69.2 Å². The second-order valence-corrected chi connectivity index (χ2v) is 14.2. The molecule has 4 aromatic rings. The first-order chi connectivity index (χ1) is 30.1. The molecule has 2 aliphatic rings. The van der Waals surface area contributed by atoms with Crippen LogP contribution in [-0.2, 0) is 40.7 Å². The number of ether oxygens (including phenoxy) is 6. The molecule has 0 radical (unpaired) electrons. The average Bonchev–Trinajstić information content (AvgIpc) is 4.13. The fourth-order valence-electron chi connectivity index (χ4n) is 6.70. The molecule has 0 atom stereocenters. The van der Waals surface area contributed by atoms with E-state index in [4.69, 9.17) is 28.4 Å². The van der Waals surface area contributed by atoms with Crippen LogP contribution < -0.4 is 9.47 Å². The number of halogens is 8. The fraction of sp³-hybridized carbons (Fsp3) is 0.375. The van der Waals surface area contributed by atoms with Gasteiger partial charge in [-0.1, -0.05) is 92.0 Å². The third kappa shape index (κ3) is 13.4. The standard InChI is InChI=1S/C29H29F4O3.C19H21F4O3.Ti/c1-2-3-14-34-15-16-35-17-18-36-29-27(32)25(30)24(26(31)28(29)33)22-13-12-21(19-8-4-5-9-19)23(22)20-10-6-7-11-20;1-2-3-8-24-9-10-25-11-12-26-19-17(22)15(20)14(16(21)18(19)23)13-6-4-5-7-13;/h4-13,19-20H,2-3,14-18H2,1H3;4-7H,2-3,8-12H2,1H3;/q2*-1;+2. The molecule has 0 bridgehead atoms. The van der Waals surface area contributed by atoms with Crippen LogP contribution >= 0.6 is 0 Å². The SMILES string of the molecule is CCCCOCCOCCOc1c(F)c(F)c(-[c-]2ccc(C3C=CC=C3)c2C2C=CC=C2)c(F)c1F.CCCCOCCOCCOc1c(F)c(F)c(-[c-]2cccc2)c(F)c1F.[Ti+2]. The molecule has 4 aromatic carbocycles. The first-order valence-corrected chi connectivity index (χ1v) is 20.6. The van der Waals surface area contributed by atoms with E-state index in [9.17, 15) is 26.3 Å². The third-order valence-corrected chi connectivity index (χ3v) is 9.86. The van der Waals surface area contributed by atoms with Gasteiger partial charge in [0.1, 0.15) is 36.5 Å². The van der Waals surface area contributed by atoms with E-state index in [0.717, 1.165) is 31.2 Å². The van der Waals surface area contributed by atoms with Crippen LogP contribution in [0.15, 0.2) is 85.0 Å². The first kappa shape index (κ1) is 51.3. The Labute approximate surface area is 377 Å². The summed E-state index contributed by atoms with van der Waals surface area (Å²) in [6, 6.07) is 9.00. The van der Waals surface area contributed by atoms with Crippen LogP contribution in [0.4, 0.5) is 35.1 Å². The predicted molar refractivity (Wildman–Crippen MR) is 221 cm³/mol. The molecule has 338 valence electrons. The van der Waals surface area contributed by atoms with Gasteiger partial charge >= 0.3 is 21.7 Å². The maximum atomic E-state index is 15.2. The Morgan fingerprint density at radius 2 is 0.841 bits per heavy atom. The summed E-state index contributed by atoms with van der Waals surface area (Å²) in [4.78, 5) is 0. The van der Waals surface area contributed by atoms with Crippen molar-refractivity contribution in [1.29, 1.82) is 0 Å². The van der Waals surface area contributed by atoms with Crippen molar-refractivity contribution in [3.8, 4) is 33.8 Å². The van der Waals surface area contributed by atoms with Crippen LogP contribution in [0.25, 0.3) is 22.3 Å². The van der Waals surface area contributed by atoms with Crippen molar-refractivity contribution in [3.05, 3.63) is 143 Å². The van der Waals surface area contributed by atoms with Gasteiger partial charge in [-0.3, -0.25) is 0 Å². The molecule has 0 aliphatic heterocycles. The molecule has 2 aliphatic carbocycles. The summed E-state index contributed by atoms with van der Waals surface area (Å²) in [6.07, 6.45) is 19.0. The molecule has 0 saturated carbocycles. The van der Waals surface area contributed by atoms with Gasteiger partial charge in [0.05, 0.1) is 39.6 Å². The quantitative estimate of drug-likeness (QED) is 0.0229. The van der Waals surface area contributed by atoms with Crippen molar-refractivity contribution in [2.45, 2.75) is 51.4 Å². The summed E-state index contributed by atoms with van der Waals surface area (Å²) in [6.45, 7) is 6.17. The monoisotopic (exact) mass is 922 g/mol. The number of unbranched alkanes of at least 4 members (excludes halogenated alkanes) is 2. The smallest absolute Gasteiger partial charge is 0.486 e.